The van der Waals surface area contributed by atoms with E-state index in [9.17, 15) is 0 Å². The molecule has 2 rings (SSSR count). The quantitative estimate of drug-likeness (QED) is 0.467. The summed E-state index contributed by atoms with van der Waals surface area (Å²) in [6, 6.07) is 8.37. The minimum Gasteiger partial charge on any atom is -0.271 e. The van der Waals surface area contributed by atoms with Crippen molar-refractivity contribution >= 4 is 11.8 Å². The van der Waals surface area contributed by atoms with E-state index in [1.54, 1.807) is 7.05 Å². The molecular formula is C12H18N6S. The van der Waals surface area contributed by atoms with Gasteiger partial charge in [0.05, 0.1) is 13.1 Å². The van der Waals surface area contributed by atoms with Crippen LogP contribution in [0.25, 0.3) is 0 Å². The van der Waals surface area contributed by atoms with E-state index in [0.29, 0.717) is 12.2 Å². The number of hydrogen-bond donors (Lipinski definition) is 2. The van der Waals surface area contributed by atoms with E-state index < -0.39 is 0 Å². The summed E-state index contributed by atoms with van der Waals surface area (Å²) in [6.07, 6.45) is 0.616. The van der Waals surface area contributed by atoms with Crippen molar-refractivity contribution < 1.29 is 0 Å². The largest absolute Gasteiger partial charge is 0.271 e. The van der Waals surface area contributed by atoms with Crippen LogP contribution in [-0.4, -0.2) is 26.0 Å². The second-order valence-corrected chi connectivity index (χ2v) is 5.46. The lowest BCUT2D eigenvalue weighted by Crippen LogP contribution is -2.29. The van der Waals surface area contributed by atoms with Gasteiger partial charge in [0.15, 0.2) is 5.82 Å². The summed E-state index contributed by atoms with van der Waals surface area (Å²) in [5, 5.41) is 12.0. The first-order valence-corrected chi connectivity index (χ1v) is 7.13. The maximum absolute atomic E-state index is 5.62. The van der Waals surface area contributed by atoms with Crippen molar-refractivity contribution in [1.29, 1.82) is 0 Å². The molecule has 1 atom stereocenters. The van der Waals surface area contributed by atoms with Crippen LogP contribution in [0.5, 0.6) is 0 Å². The zero-order chi connectivity index (χ0) is 13.7. The molecule has 0 aliphatic heterocycles. The third kappa shape index (κ3) is 3.76. The first-order valence-electron chi connectivity index (χ1n) is 6.14. The van der Waals surface area contributed by atoms with Crippen LogP contribution < -0.4 is 11.3 Å². The predicted molar refractivity (Wildman–Crippen MR) is 75.4 cm³/mol. The second kappa shape index (κ2) is 6.65. The number of benzene rings is 1. The van der Waals surface area contributed by atoms with Gasteiger partial charge in [0.1, 0.15) is 0 Å². The summed E-state index contributed by atoms with van der Waals surface area (Å²) in [6.45, 7) is 2.14. The summed E-state index contributed by atoms with van der Waals surface area (Å²) < 4.78 is 0. The average molecular weight is 278 g/mol. The molecule has 1 heterocycles. The topological polar surface area (TPSA) is 81.7 Å². The number of thioether (sulfide) groups is 1. The standard InChI is InChI=1S/C12H18N6S/c1-3-19-10-6-4-9(5-7-10)11(14-13)8-12-15-17-18(2)16-12/h4-7,11,14H,3,8,13H2,1-2H3. The van der Waals surface area contributed by atoms with Crippen LogP contribution in [0, 0.1) is 0 Å². The molecule has 0 amide bonds. The fourth-order valence-corrected chi connectivity index (χ4v) is 2.49. The van der Waals surface area contributed by atoms with Gasteiger partial charge in [-0.3, -0.25) is 11.3 Å². The van der Waals surface area contributed by atoms with Crippen LogP contribution in [0.3, 0.4) is 0 Å². The molecule has 0 saturated heterocycles. The average Bonchev–Trinajstić information content (AvgIpc) is 2.83. The summed E-state index contributed by atoms with van der Waals surface area (Å²) in [7, 11) is 1.75. The van der Waals surface area contributed by atoms with Crippen molar-refractivity contribution in [2.45, 2.75) is 24.3 Å². The summed E-state index contributed by atoms with van der Waals surface area (Å²) in [5.41, 5.74) is 3.92. The first-order chi connectivity index (χ1) is 9.22. The highest BCUT2D eigenvalue weighted by Crippen LogP contribution is 2.21. The number of hydrogen-bond acceptors (Lipinski definition) is 6. The Morgan fingerprint density at radius 2 is 2.11 bits per heavy atom. The van der Waals surface area contributed by atoms with E-state index in [4.69, 9.17) is 5.84 Å². The van der Waals surface area contributed by atoms with Gasteiger partial charge in [-0.15, -0.1) is 22.0 Å². The Morgan fingerprint density at radius 1 is 1.37 bits per heavy atom. The predicted octanol–water partition coefficient (Wildman–Crippen LogP) is 1.07. The van der Waals surface area contributed by atoms with E-state index >= 15 is 0 Å². The van der Waals surface area contributed by atoms with E-state index in [0.717, 1.165) is 11.3 Å². The summed E-state index contributed by atoms with van der Waals surface area (Å²) >= 11 is 1.82. The van der Waals surface area contributed by atoms with Gasteiger partial charge >= 0.3 is 0 Å². The molecule has 0 radical (unpaired) electrons. The molecule has 0 spiro atoms. The molecule has 2 aromatic rings. The minimum absolute atomic E-state index is 0.00937. The van der Waals surface area contributed by atoms with Crippen molar-refractivity contribution in [3.05, 3.63) is 35.7 Å². The minimum atomic E-state index is -0.00937. The fraction of sp³-hybridized carbons (Fsp3) is 0.417. The lowest BCUT2D eigenvalue weighted by molar-refractivity contribution is 0.536. The van der Waals surface area contributed by atoms with E-state index in [1.807, 2.05) is 11.8 Å². The number of hydrazine groups is 1. The Hall–Kier alpha value is -1.44. The lowest BCUT2D eigenvalue weighted by atomic mass is 10.0. The van der Waals surface area contributed by atoms with E-state index in [1.165, 1.54) is 9.69 Å². The Balaban J connectivity index is 2.08. The zero-order valence-corrected chi connectivity index (χ0v) is 11.9. The Kier molecular flexibility index (Phi) is 4.89. The van der Waals surface area contributed by atoms with Gasteiger partial charge in [-0.05, 0) is 28.7 Å². The van der Waals surface area contributed by atoms with Crippen LogP contribution in [0.2, 0.25) is 0 Å². The fourth-order valence-electron chi connectivity index (χ4n) is 1.82. The zero-order valence-electron chi connectivity index (χ0n) is 11.1. The van der Waals surface area contributed by atoms with E-state index in [2.05, 4.69) is 52.0 Å². The second-order valence-electron chi connectivity index (χ2n) is 4.12. The SMILES string of the molecule is CCSc1ccc(C(Cc2nnn(C)n2)NN)cc1. The lowest BCUT2D eigenvalue weighted by Gasteiger charge is -2.14. The number of tetrazole rings is 1. The molecule has 1 unspecified atom stereocenters. The molecule has 3 N–H and O–H groups in total. The van der Waals surface area contributed by atoms with Crippen molar-refractivity contribution in [2.24, 2.45) is 12.9 Å². The number of nitrogens with zero attached hydrogens (tertiary/aromatic N) is 4. The van der Waals surface area contributed by atoms with Crippen molar-refractivity contribution in [2.75, 3.05) is 5.75 Å². The number of aromatic nitrogens is 4. The van der Waals surface area contributed by atoms with Crippen LogP contribution >= 0.6 is 11.8 Å². The highest BCUT2D eigenvalue weighted by molar-refractivity contribution is 7.99. The number of aryl methyl sites for hydroxylation is 1. The van der Waals surface area contributed by atoms with Gasteiger partial charge in [-0.2, -0.15) is 4.80 Å². The van der Waals surface area contributed by atoms with Gasteiger partial charge < -0.3 is 0 Å². The third-order valence-corrected chi connectivity index (χ3v) is 3.63. The molecule has 6 nitrogen and oxygen atoms in total. The molecule has 0 saturated carbocycles. The van der Waals surface area contributed by atoms with E-state index in [-0.39, 0.29) is 6.04 Å². The molecule has 7 heteroatoms. The normalized spacial score (nSPS) is 12.6. The number of rotatable bonds is 6. The molecule has 102 valence electrons. The van der Waals surface area contributed by atoms with Crippen molar-refractivity contribution in [1.82, 2.24) is 25.6 Å². The molecule has 0 aliphatic carbocycles. The first kappa shape index (κ1) is 14.0. The van der Waals surface area contributed by atoms with Crippen LogP contribution in [0.15, 0.2) is 29.2 Å². The summed E-state index contributed by atoms with van der Waals surface area (Å²) in [4.78, 5) is 2.71. The number of nitrogens with two attached hydrogens (primary N) is 1. The summed E-state index contributed by atoms with van der Waals surface area (Å²) in [5.74, 6) is 7.37. The maximum Gasteiger partial charge on any atom is 0.176 e. The molecule has 1 aromatic carbocycles. The van der Waals surface area contributed by atoms with Crippen LogP contribution in [-0.2, 0) is 13.5 Å². The molecule has 0 bridgehead atoms. The molecule has 19 heavy (non-hydrogen) atoms. The van der Waals surface area contributed by atoms with Crippen LogP contribution in [0.1, 0.15) is 24.4 Å². The van der Waals surface area contributed by atoms with Gasteiger partial charge in [-0.1, -0.05) is 19.1 Å². The van der Waals surface area contributed by atoms with Crippen molar-refractivity contribution in [3.8, 4) is 0 Å². The highest BCUT2D eigenvalue weighted by atomic mass is 32.2. The smallest absolute Gasteiger partial charge is 0.176 e. The Labute approximate surface area is 116 Å². The Morgan fingerprint density at radius 3 is 2.63 bits per heavy atom. The molecule has 1 aromatic heterocycles. The van der Waals surface area contributed by atoms with Gasteiger partial charge in [0.25, 0.3) is 0 Å². The number of nitrogens with one attached hydrogen (secondary N) is 1. The monoisotopic (exact) mass is 278 g/mol. The van der Waals surface area contributed by atoms with Gasteiger partial charge in [-0.25, -0.2) is 0 Å². The maximum atomic E-state index is 5.62. The third-order valence-electron chi connectivity index (χ3n) is 2.73. The molecule has 0 aliphatic rings. The Bertz CT molecular complexity index is 509. The van der Waals surface area contributed by atoms with Gasteiger partial charge in [0.2, 0.25) is 0 Å². The highest BCUT2D eigenvalue weighted by Gasteiger charge is 2.13. The van der Waals surface area contributed by atoms with Gasteiger partial charge in [0, 0.05) is 11.3 Å². The van der Waals surface area contributed by atoms with Crippen LogP contribution in [0.4, 0.5) is 0 Å². The molecular weight excluding hydrogens is 260 g/mol. The van der Waals surface area contributed by atoms with Crippen molar-refractivity contribution in [3.63, 3.8) is 0 Å². The molecule has 0 fully saturated rings.